The summed E-state index contributed by atoms with van der Waals surface area (Å²) in [5.74, 6) is 1.91. The van der Waals surface area contributed by atoms with Crippen molar-refractivity contribution in [3.8, 4) is 27.8 Å². The number of hydrogen-bond donors (Lipinski definition) is 0. The molecule has 0 bridgehead atoms. The van der Waals surface area contributed by atoms with Crippen LogP contribution in [0.15, 0.2) is 47.8 Å². The molecular formula is C20H19NO4S. The third-order valence-electron chi connectivity index (χ3n) is 3.83. The molecule has 1 heterocycles. The van der Waals surface area contributed by atoms with Crippen LogP contribution in [-0.2, 0) is 6.61 Å². The van der Waals surface area contributed by atoms with Gasteiger partial charge in [0.2, 0.25) is 0 Å². The Balaban J connectivity index is 1.70. The molecule has 5 nitrogen and oxygen atoms in total. The second kappa shape index (κ2) is 8.01. The Morgan fingerprint density at radius 3 is 2.46 bits per heavy atom. The first kappa shape index (κ1) is 17.9. The summed E-state index contributed by atoms with van der Waals surface area (Å²) in [5.41, 5.74) is 2.45. The quantitative estimate of drug-likeness (QED) is 0.569. The minimum absolute atomic E-state index is 0.0153. The highest BCUT2D eigenvalue weighted by Crippen LogP contribution is 2.30. The molecule has 3 aromatic rings. The van der Waals surface area contributed by atoms with Crippen LogP contribution in [0, 0.1) is 0 Å². The van der Waals surface area contributed by atoms with Crippen molar-refractivity contribution in [1.29, 1.82) is 0 Å². The second-order valence-electron chi connectivity index (χ2n) is 5.58. The van der Waals surface area contributed by atoms with Crippen molar-refractivity contribution in [2.45, 2.75) is 13.5 Å². The van der Waals surface area contributed by atoms with E-state index in [-0.39, 0.29) is 5.78 Å². The van der Waals surface area contributed by atoms with Gasteiger partial charge in [0.05, 0.1) is 19.9 Å². The van der Waals surface area contributed by atoms with Crippen molar-refractivity contribution < 1.29 is 19.0 Å². The zero-order valence-electron chi connectivity index (χ0n) is 14.8. The molecule has 0 saturated heterocycles. The molecule has 0 amide bonds. The summed E-state index contributed by atoms with van der Waals surface area (Å²) in [6, 6.07) is 12.9. The van der Waals surface area contributed by atoms with Crippen LogP contribution in [0.3, 0.4) is 0 Å². The van der Waals surface area contributed by atoms with E-state index in [4.69, 9.17) is 14.2 Å². The molecule has 0 aliphatic carbocycles. The van der Waals surface area contributed by atoms with E-state index in [0.717, 1.165) is 22.0 Å². The highest BCUT2D eigenvalue weighted by atomic mass is 32.1. The Morgan fingerprint density at radius 1 is 1.04 bits per heavy atom. The van der Waals surface area contributed by atoms with Gasteiger partial charge < -0.3 is 14.2 Å². The number of Topliss-reactive ketones (excluding diaryl/α,β-unsaturated/α-hetero) is 1. The Bertz CT molecular complexity index is 902. The molecule has 0 fully saturated rings. The van der Waals surface area contributed by atoms with Crippen LogP contribution in [0.2, 0.25) is 0 Å². The van der Waals surface area contributed by atoms with Gasteiger partial charge in [-0.2, -0.15) is 0 Å². The number of aromatic nitrogens is 1. The number of benzene rings is 2. The smallest absolute Gasteiger partial charge is 0.161 e. The molecule has 0 atom stereocenters. The molecule has 134 valence electrons. The van der Waals surface area contributed by atoms with Crippen LogP contribution in [0.25, 0.3) is 10.6 Å². The first-order valence-electron chi connectivity index (χ1n) is 8.01. The average molecular weight is 369 g/mol. The summed E-state index contributed by atoms with van der Waals surface area (Å²) >= 11 is 1.56. The van der Waals surface area contributed by atoms with E-state index in [1.807, 2.05) is 29.6 Å². The van der Waals surface area contributed by atoms with Crippen molar-refractivity contribution in [3.05, 3.63) is 59.1 Å². The Hall–Kier alpha value is -2.86. The molecule has 2 aromatic carbocycles. The van der Waals surface area contributed by atoms with Crippen LogP contribution in [-0.4, -0.2) is 25.0 Å². The summed E-state index contributed by atoms with van der Waals surface area (Å²) in [6.07, 6.45) is 0. The molecule has 3 rings (SSSR count). The van der Waals surface area contributed by atoms with Crippen LogP contribution in [0.4, 0.5) is 0 Å². The normalized spacial score (nSPS) is 10.4. The minimum Gasteiger partial charge on any atom is -0.497 e. The number of ketones is 1. The first-order chi connectivity index (χ1) is 12.6. The van der Waals surface area contributed by atoms with Gasteiger partial charge in [-0.1, -0.05) is 0 Å². The van der Waals surface area contributed by atoms with Gasteiger partial charge in [0.25, 0.3) is 0 Å². The molecule has 0 aliphatic heterocycles. The van der Waals surface area contributed by atoms with Gasteiger partial charge in [-0.15, -0.1) is 11.3 Å². The lowest BCUT2D eigenvalue weighted by Gasteiger charge is -2.10. The molecule has 0 radical (unpaired) electrons. The predicted molar refractivity (Wildman–Crippen MR) is 101 cm³/mol. The van der Waals surface area contributed by atoms with Gasteiger partial charge >= 0.3 is 0 Å². The number of methoxy groups -OCH3 is 2. The number of thiazole rings is 1. The zero-order chi connectivity index (χ0) is 18.5. The number of ether oxygens (including phenoxy) is 3. The van der Waals surface area contributed by atoms with Gasteiger partial charge in [-0.3, -0.25) is 4.79 Å². The fourth-order valence-electron chi connectivity index (χ4n) is 2.40. The molecule has 26 heavy (non-hydrogen) atoms. The summed E-state index contributed by atoms with van der Waals surface area (Å²) in [6.45, 7) is 1.84. The Morgan fingerprint density at radius 2 is 1.81 bits per heavy atom. The van der Waals surface area contributed by atoms with Crippen LogP contribution in [0.1, 0.15) is 23.0 Å². The maximum Gasteiger partial charge on any atom is 0.161 e. The van der Waals surface area contributed by atoms with E-state index in [0.29, 0.717) is 23.7 Å². The lowest BCUT2D eigenvalue weighted by atomic mass is 10.1. The van der Waals surface area contributed by atoms with E-state index >= 15 is 0 Å². The molecule has 0 spiro atoms. The minimum atomic E-state index is -0.0153. The van der Waals surface area contributed by atoms with Gasteiger partial charge in [0, 0.05) is 16.5 Å². The predicted octanol–water partition coefficient (Wildman–Crippen LogP) is 4.61. The number of rotatable bonds is 7. The highest BCUT2D eigenvalue weighted by Gasteiger charge is 2.10. The Kier molecular flexibility index (Phi) is 5.53. The van der Waals surface area contributed by atoms with Gasteiger partial charge in [-0.05, 0) is 49.4 Å². The van der Waals surface area contributed by atoms with Crippen molar-refractivity contribution in [2.24, 2.45) is 0 Å². The average Bonchev–Trinajstić information content (AvgIpc) is 3.15. The molecule has 6 heteroatoms. The molecule has 0 aliphatic rings. The largest absolute Gasteiger partial charge is 0.497 e. The fourth-order valence-corrected chi connectivity index (χ4v) is 3.21. The lowest BCUT2D eigenvalue weighted by Crippen LogP contribution is -2.00. The van der Waals surface area contributed by atoms with Gasteiger partial charge in [0.15, 0.2) is 17.3 Å². The Labute approximate surface area is 156 Å². The number of nitrogens with zero attached hydrogens (tertiary/aromatic N) is 1. The van der Waals surface area contributed by atoms with E-state index in [1.54, 1.807) is 43.8 Å². The van der Waals surface area contributed by atoms with Crippen LogP contribution < -0.4 is 14.2 Å². The maximum atomic E-state index is 11.5. The van der Waals surface area contributed by atoms with Gasteiger partial charge in [-0.25, -0.2) is 4.98 Å². The third-order valence-corrected chi connectivity index (χ3v) is 4.77. The van der Waals surface area contributed by atoms with Crippen LogP contribution in [0.5, 0.6) is 17.2 Å². The van der Waals surface area contributed by atoms with E-state index in [1.165, 1.54) is 6.92 Å². The zero-order valence-corrected chi connectivity index (χ0v) is 15.6. The topological polar surface area (TPSA) is 57.7 Å². The second-order valence-corrected chi connectivity index (χ2v) is 6.44. The van der Waals surface area contributed by atoms with E-state index in [9.17, 15) is 4.79 Å². The molecule has 0 saturated carbocycles. The summed E-state index contributed by atoms with van der Waals surface area (Å²) < 4.78 is 16.3. The van der Waals surface area contributed by atoms with E-state index in [2.05, 4.69) is 4.98 Å². The molecule has 0 unspecified atom stereocenters. The number of hydrogen-bond acceptors (Lipinski definition) is 6. The van der Waals surface area contributed by atoms with Gasteiger partial charge in [0.1, 0.15) is 17.4 Å². The summed E-state index contributed by atoms with van der Waals surface area (Å²) in [5, 5.41) is 2.89. The van der Waals surface area contributed by atoms with Crippen molar-refractivity contribution >= 4 is 17.1 Å². The molecular weight excluding hydrogens is 350 g/mol. The summed E-state index contributed by atoms with van der Waals surface area (Å²) in [7, 11) is 3.20. The standard InChI is InChI=1S/C20H19NO4S/c1-13(22)15-6-9-18(19(10-15)24-3)25-11-16-12-26-20(21-16)14-4-7-17(23-2)8-5-14/h4-10,12H,11H2,1-3H3. The fraction of sp³-hybridized carbons (Fsp3) is 0.200. The first-order valence-corrected chi connectivity index (χ1v) is 8.89. The van der Waals surface area contributed by atoms with Crippen molar-refractivity contribution in [1.82, 2.24) is 4.98 Å². The van der Waals surface area contributed by atoms with Crippen LogP contribution >= 0.6 is 11.3 Å². The number of carbonyl (C=O) groups is 1. The van der Waals surface area contributed by atoms with Crippen molar-refractivity contribution in [2.75, 3.05) is 14.2 Å². The maximum absolute atomic E-state index is 11.5. The third kappa shape index (κ3) is 4.03. The lowest BCUT2D eigenvalue weighted by molar-refractivity contribution is 0.101. The summed E-state index contributed by atoms with van der Waals surface area (Å²) in [4.78, 5) is 16.1. The SMILES string of the molecule is COc1ccc(-c2nc(COc3ccc(C(C)=O)cc3OC)cs2)cc1. The van der Waals surface area contributed by atoms with Crippen molar-refractivity contribution in [3.63, 3.8) is 0 Å². The monoisotopic (exact) mass is 369 g/mol. The highest BCUT2D eigenvalue weighted by molar-refractivity contribution is 7.13. The van der Waals surface area contributed by atoms with E-state index < -0.39 is 0 Å². The molecule has 0 N–H and O–H groups in total. The molecule has 1 aromatic heterocycles. The number of carbonyl (C=O) groups excluding carboxylic acids is 1.